The normalized spacial score (nSPS) is 14.8. The lowest BCUT2D eigenvalue weighted by molar-refractivity contribution is -0.0928. The number of likely N-dealkylation sites (N-methyl/N-ethyl adjacent to an activating group) is 1. The molecule has 2 rings (SSSR count). The lowest BCUT2D eigenvalue weighted by Crippen LogP contribution is -2.28. The molecule has 0 bridgehead atoms. The van der Waals surface area contributed by atoms with Gasteiger partial charge in [-0.25, -0.2) is 0 Å². The summed E-state index contributed by atoms with van der Waals surface area (Å²) in [4.78, 5) is 13.9. The fourth-order valence-corrected chi connectivity index (χ4v) is 2.33. The number of allylic oxidation sites excluding steroid dienone is 4. The third-order valence-corrected chi connectivity index (χ3v) is 3.56. The molecule has 0 saturated carbocycles. The number of hydrogen-bond acceptors (Lipinski definition) is 1. The van der Waals surface area contributed by atoms with E-state index in [1.165, 1.54) is 17.1 Å². The Morgan fingerprint density at radius 1 is 1.26 bits per heavy atom. The molecule has 0 aromatic heterocycles. The molecule has 0 saturated heterocycles. The number of hydrogen-bond donors (Lipinski definition) is 0. The van der Waals surface area contributed by atoms with Crippen LogP contribution in [-0.2, 0) is 0 Å². The number of halogens is 3. The second-order valence-electron chi connectivity index (χ2n) is 5.57. The molecule has 0 N–H and O–H groups in total. The monoisotopic (exact) mass is 321 g/mol. The van der Waals surface area contributed by atoms with E-state index >= 15 is 0 Å². The molecule has 0 heterocycles. The van der Waals surface area contributed by atoms with Gasteiger partial charge >= 0.3 is 6.18 Å². The zero-order valence-electron chi connectivity index (χ0n) is 13.0. The molecular formula is C18H18F3NO. The molecule has 1 aliphatic rings. The van der Waals surface area contributed by atoms with Crippen molar-refractivity contribution in [2.75, 3.05) is 13.6 Å². The van der Waals surface area contributed by atoms with E-state index in [1.54, 1.807) is 31.3 Å². The molecule has 1 aromatic carbocycles. The summed E-state index contributed by atoms with van der Waals surface area (Å²) < 4.78 is 38.1. The number of rotatable bonds is 3. The third-order valence-electron chi connectivity index (χ3n) is 3.56. The molecular weight excluding hydrogens is 303 g/mol. The van der Waals surface area contributed by atoms with Crippen molar-refractivity contribution in [2.45, 2.75) is 19.5 Å². The molecule has 0 fully saturated rings. The van der Waals surface area contributed by atoms with Crippen molar-refractivity contribution in [1.29, 1.82) is 0 Å². The van der Waals surface area contributed by atoms with Gasteiger partial charge in [0.15, 0.2) is 0 Å². The van der Waals surface area contributed by atoms with Crippen LogP contribution in [0.5, 0.6) is 0 Å². The Bertz CT molecular complexity index is 684. The van der Waals surface area contributed by atoms with Gasteiger partial charge in [-0.05, 0) is 31.1 Å². The molecule has 0 aliphatic heterocycles. The van der Waals surface area contributed by atoms with Crippen LogP contribution < -0.4 is 0 Å². The van der Waals surface area contributed by atoms with Crippen LogP contribution in [-0.4, -0.2) is 30.6 Å². The minimum Gasteiger partial charge on any atom is -0.337 e. The number of nitrogens with zero attached hydrogens (tertiary/aromatic N) is 1. The number of aryl methyl sites for hydroxylation is 1. The zero-order chi connectivity index (χ0) is 17.0. The lowest BCUT2D eigenvalue weighted by Gasteiger charge is -2.18. The number of amides is 1. The maximum atomic E-state index is 12.7. The average molecular weight is 321 g/mol. The minimum atomic E-state index is -4.32. The van der Waals surface area contributed by atoms with Crippen LogP contribution in [0.1, 0.15) is 22.3 Å². The minimum absolute atomic E-state index is 0.154. The van der Waals surface area contributed by atoms with Gasteiger partial charge in [0.05, 0.1) is 0 Å². The fraction of sp³-hybridized carbons (Fsp3) is 0.278. The summed E-state index contributed by atoms with van der Waals surface area (Å²) in [6.07, 6.45) is 1.14. The largest absolute Gasteiger partial charge is 0.412 e. The fourth-order valence-electron chi connectivity index (χ4n) is 2.33. The highest BCUT2D eigenvalue weighted by Gasteiger charge is 2.32. The van der Waals surface area contributed by atoms with E-state index in [4.69, 9.17) is 0 Å². The summed E-state index contributed by atoms with van der Waals surface area (Å²) in [6, 6.07) is 7.22. The first kappa shape index (κ1) is 17.1. The highest BCUT2D eigenvalue weighted by atomic mass is 19.4. The Hall–Kier alpha value is -2.30. The first-order valence-corrected chi connectivity index (χ1v) is 7.23. The summed E-state index contributed by atoms with van der Waals surface area (Å²) in [5, 5.41) is 0. The van der Waals surface area contributed by atoms with E-state index in [0.29, 0.717) is 11.1 Å². The Morgan fingerprint density at radius 3 is 2.65 bits per heavy atom. The number of benzene rings is 1. The summed E-state index contributed by atoms with van der Waals surface area (Å²) in [7, 11) is 1.64. The van der Waals surface area contributed by atoms with Crippen molar-refractivity contribution in [1.82, 2.24) is 4.90 Å². The molecule has 23 heavy (non-hydrogen) atoms. The van der Waals surface area contributed by atoms with Crippen molar-refractivity contribution in [3.8, 4) is 0 Å². The van der Waals surface area contributed by atoms with Gasteiger partial charge in [0.2, 0.25) is 0 Å². The van der Waals surface area contributed by atoms with Crippen LogP contribution in [0.15, 0.2) is 59.7 Å². The van der Waals surface area contributed by atoms with Gasteiger partial charge in [0.1, 0.15) is 0 Å². The predicted octanol–water partition coefficient (Wildman–Crippen LogP) is 4.44. The van der Waals surface area contributed by atoms with Crippen LogP contribution >= 0.6 is 0 Å². The van der Waals surface area contributed by atoms with E-state index < -0.39 is 11.7 Å². The second-order valence-corrected chi connectivity index (χ2v) is 5.57. The second kappa shape index (κ2) is 6.86. The smallest absolute Gasteiger partial charge is 0.337 e. The Morgan fingerprint density at radius 2 is 2.00 bits per heavy atom. The molecule has 1 aliphatic carbocycles. The SMILES string of the molecule is Cc1cccc(C(=O)N(C)CC2=CC=C(C(F)(F)F)CC=C2)c1. The molecule has 2 nitrogen and oxygen atoms in total. The molecule has 0 spiro atoms. The van der Waals surface area contributed by atoms with Crippen molar-refractivity contribution >= 4 is 5.91 Å². The van der Waals surface area contributed by atoms with Gasteiger partial charge in [-0.1, -0.05) is 42.0 Å². The van der Waals surface area contributed by atoms with Crippen LogP contribution in [0.2, 0.25) is 0 Å². The van der Waals surface area contributed by atoms with E-state index in [1.807, 2.05) is 13.0 Å². The molecule has 0 atom stereocenters. The average Bonchev–Trinajstić information content (AvgIpc) is 2.71. The van der Waals surface area contributed by atoms with Crippen molar-refractivity contribution in [3.05, 3.63) is 70.8 Å². The van der Waals surface area contributed by atoms with E-state index in [2.05, 4.69) is 0 Å². The third kappa shape index (κ3) is 4.58. The van der Waals surface area contributed by atoms with Gasteiger partial charge in [-0.15, -0.1) is 0 Å². The zero-order valence-corrected chi connectivity index (χ0v) is 13.0. The molecule has 0 unspecified atom stereocenters. The highest BCUT2D eigenvalue weighted by Crippen LogP contribution is 2.30. The standard InChI is InChI=1S/C18H18F3NO/c1-13-5-3-7-15(11-13)17(23)22(2)12-14-6-4-8-16(10-9-14)18(19,20)21/h3-7,9-11H,8,12H2,1-2H3. The molecule has 1 aromatic rings. The summed E-state index contributed by atoms with van der Waals surface area (Å²) in [5.41, 5.74) is 1.62. The quantitative estimate of drug-likeness (QED) is 0.806. The van der Waals surface area contributed by atoms with Gasteiger partial charge in [0, 0.05) is 24.7 Å². The van der Waals surface area contributed by atoms with E-state index in [-0.39, 0.29) is 18.9 Å². The molecule has 0 radical (unpaired) electrons. The van der Waals surface area contributed by atoms with Crippen molar-refractivity contribution < 1.29 is 18.0 Å². The van der Waals surface area contributed by atoms with E-state index in [9.17, 15) is 18.0 Å². The van der Waals surface area contributed by atoms with Gasteiger partial charge < -0.3 is 4.90 Å². The Balaban J connectivity index is 2.11. The van der Waals surface area contributed by atoms with Crippen LogP contribution in [0.4, 0.5) is 13.2 Å². The maximum Gasteiger partial charge on any atom is 0.412 e. The van der Waals surface area contributed by atoms with Crippen LogP contribution in [0, 0.1) is 6.92 Å². The molecule has 122 valence electrons. The first-order chi connectivity index (χ1) is 10.8. The molecule has 1 amide bonds. The Labute approximate surface area is 133 Å². The summed E-state index contributed by atoms with van der Waals surface area (Å²) in [5.74, 6) is -0.160. The predicted molar refractivity (Wildman–Crippen MR) is 84.1 cm³/mol. The number of alkyl halides is 3. The number of carbonyl (C=O) groups is 1. The summed E-state index contributed by atoms with van der Waals surface area (Å²) in [6.45, 7) is 2.15. The highest BCUT2D eigenvalue weighted by molar-refractivity contribution is 5.94. The van der Waals surface area contributed by atoms with Gasteiger partial charge in [0.25, 0.3) is 5.91 Å². The van der Waals surface area contributed by atoms with Crippen LogP contribution in [0.25, 0.3) is 0 Å². The first-order valence-electron chi connectivity index (χ1n) is 7.23. The Kier molecular flexibility index (Phi) is 5.08. The number of carbonyl (C=O) groups excluding carboxylic acids is 1. The van der Waals surface area contributed by atoms with Crippen molar-refractivity contribution in [3.63, 3.8) is 0 Å². The van der Waals surface area contributed by atoms with Gasteiger partial charge in [-0.3, -0.25) is 4.79 Å². The molecule has 5 heteroatoms. The van der Waals surface area contributed by atoms with Gasteiger partial charge in [-0.2, -0.15) is 13.2 Å². The van der Waals surface area contributed by atoms with Crippen LogP contribution in [0.3, 0.4) is 0 Å². The lowest BCUT2D eigenvalue weighted by atomic mass is 10.1. The maximum absolute atomic E-state index is 12.7. The van der Waals surface area contributed by atoms with Crippen molar-refractivity contribution in [2.24, 2.45) is 0 Å². The topological polar surface area (TPSA) is 20.3 Å². The summed E-state index contributed by atoms with van der Waals surface area (Å²) >= 11 is 0. The van der Waals surface area contributed by atoms with E-state index in [0.717, 1.165) is 11.6 Å².